The van der Waals surface area contributed by atoms with Gasteiger partial charge in [-0.1, -0.05) is 20.4 Å². The predicted molar refractivity (Wildman–Crippen MR) is 56.6 cm³/mol. The molecule has 82 valence electrons. The molecule has 3 heteroatoms. The van der Waals surface area contributed by atoms with Crippen LogP contribution in [0, 0.1) is 5.92 Å². The van der Waals surface area contributed by atoms with E-state index in [4.69, 9.17) is 9.47 Å². The number of rotatable bonds is 6. The Morgan fingerprint density at radius 3 is 2.57 bits per heavy atom. The van der Waals surface area contributed by atoms with Crippen LogP contribution in [0.3, 0.4) is 0 Å². The average Bonchev–Trinajstić information content (AvgIpc) is 2.86. The number of hydrogen-bond acceptors (Lipinski definition) is 3. The molecule has 3 unspecified atom stereocenters. The Kier molecular flexibility index (Phi) is 3.96. The van der Waals surface area contributed by atoms with Crippen LogP contribution in [-0.4, -0.2) is 30.1 Å². The maximum absolute atomic E-state index is 5.71. The molecular weight excluding hydrogens is 178 g/mol. The van der Waals surface area contributed by atoms with Crippen molar-refractivity contribution in [2.24, 2.45) is 5.92 Å². The summed E-state index contributed by atoms with van der Waals surface area (Å²) in [6, 6.07) is 0. The van der Waals surface area contributed by atoms with Gasteiger partial charge in [-0.2, -0.15) is 0 Å². The van der Waals surface area contributed by atoms with Gasteiger partial charge < -0.3 is 14.4 Å². The summed E-state index contributed by atoms with van der Waals surface area (Å²) in [7, 11) is 0. The molecule has 0 saturated carbocycles. The summed E-state index contributed by atoms with van der Waals surface area (Å²) in [5.74, 6) is 0.527. The van der Waals surface area contributed by atoms with Crippen LogP contribution < -0.4 is 0 Å². The van der Waals surface area contributed by atoms with E-state index in [9.17, 15) is 0 Å². The first-order valence-corrected chi connectivity index (χ1v) is 5.29. The molecule has 1 aliphatic heterocycles. The number of epoxide rings is 1. The van der Waals surface area contributed by atoms with Crippen molar-refractivity contribution in [3.63, 3.8) is 0 Å². The monoisotopic (exact) mass is 199 g/mol. The lowest BCUT2D eigenvalue weighted by atomic mass is 10.1. The Morgan fingerprint density at radius 1 is 1.50 bits per heavy atom. The Labute approximate surface area is 86.7 Å². The minimum Gasteiger partial charge on any atom is -0.349 e. The predicted octanol–water partition coefficient (Wildman–Crippen LogP) is 2.20. The van der Waals surface area contributed by atoms with Crippen LogP contribution in [0.5, 0.6) is 0 Å². The molecule has 1 rings (SSSR count). The van der Waals surface area contributed by atoms with Gasteiger partial charge in [0, 0.05) is 6.54 Å². The highest BCUT2D eigenvalue weighted by Crippen LogP contribution is 2.29. The minimum atomic E-state index is -0.0645. The third-order valence-electron chi connectivity index (χ3n) is 2.64. The number of nitrogens with zero attached hydrogens (tertiary/aromatic N) is 1. The van der Waals surface area contributed by atoms with Crippen molar-refractivity contribution in [2.75, 3.05) is 6.54 Å². The van der Waals surface area contributed by atoms with Gasteiger partial charge in [-0.25, -0.2) is 0 Å². The van der Waals surface area contributed by atoms with Crippen LogP contribution in [-0.2, 0) is 9.47 Å². The fourth-order valence-corrected chi connectivity index (χ4v) is 1.21. The summed E-state index contributed by atoms with van der Waals surface area (Å²) in [5.41, 5.74) is 0. The largest absolute Gasteiger partial charge is 0.349 e. The number of ether oxygens (including phenoxy) is 2. The van der Waals surface area contributed by atoms with Crippen LogP contribution in [0.4, 0.5) is 0 Å². The van der Waals surface area contributed by atoms with E-state index in [-0.39, 0.29) is 18.6 Å². The van der Waals surface area contributed by atoms with Crippen molar-refractivity contribution in [1.29, 1.82) is 0 Å². The summed E-state index contributed by atoms with van der Waals surface area (Å²) in [6.45, 7) is 13.1. The van der Waals surface area contributed by atoms with Crippen LogP contribution in [0.1, 0.15) is 27.7 Å². The molecule has 14 heavy (non-hydrogen) atoms. The molecule has 0 aromatic carbocycles. The van der Waals surface area contributed by atoms with Crippen LogP contribution in [0.15, 0.2) is 12.8 Å². The number of hydrogen-bond donors (Lipinski definition) is 0. The molecule has 3 nitrogen and oxygen atoms in total. The van der Waals surface area contributed by atoms with Crippen molar-refractivity contribution in [3.8, 4) is 0 Å². The van der Waals surface area contributed by atoms with Crippen molar-refractivity contribution in [2.45, 2.75) is 46.3 Å². The zero-order valence-corrected chi connectivity index (χ0v) is 9.56. The second kappa shape index (κ2) is 4.80. The molecule has 3 atom stereocenters. The quantitative estimate of drug-likeness (QED) is 0.613. The summed E-state index contributed by atoms with van der Waals surface area (Å²) >= 11 is 0. The molecule has 0 aliphatic carbocycles. The molecule has 0 spiro atoms. The standard InChI is InChI=1S/C11H21NO2/c1-6-12(7-2)10-11(14-10)13-9(5)8(3)4/h6,8-11H,1,7H2,2-5H3. The molecule has 0 radical (unpaired) electrons. The molecule has 0 amide bonds. The first kappa shape index (κ1) is 11.5. The molecule has 1 aliphatic rings. The van der Waals surface area contributed by atoms with E-state index in [1.54, 1.807) is 6.20 Å². The maximum Gasteiger partial charge on any atom is 0.205 e. The van der Waals surface area contributed by atoms with Crippen molar-refractivity contribution < 1.29 is 9.47 Å². The third-order valence-corrected chi connectivity index (χ3v) is 2.64. The second-order valence-electron chi connectivity index (χ2n) is 3.99. The fourth-order valence-electron chi connectivity index (χ4n) is 1.21. The highest BCUT2D eigenvalue weighted by atomic mass is 16.8. The number of likely N-dealkylation sites (N-methyl/N-ethyl adjacent to an activating group) is 1. The molecule has 1 saturated heterocycles. The van der Waals surface area contributed by atoms with E-state index in [0.29, 0.717) is 5.92 Å². The van der Waals surface area contributed by atoms with Crippen molar-refractivity contribution in [3.05, 3.63) is 12.8 Å². The molecule has 1 fully saturated rings. The van der Waals surface area contributed by atoms with E-state index in [1.807, 2.05) is 4.90 Å². The van der Waals surface area contributed by atoms with Gasteiger partial charge >= 0.3 is 0 Å². The molecule has 0 aromatic heterocycles. The lowest BCUT2D eigenvalue weighted by molar-refractivity contribution is -0.0240. The molecule has 0 aromatic rings. The van der Waals surface area contributed by atoms with Gasteiger partial charge in [-0.3, -0.25) is 0 Å². The smallest absolute Gasteiger partial charge is 0.205 e. The maximum atomic E-state index is 5.71. The molecule has 1 heterocycles. The lowest BCUT2D eigenvalue weighted by Gasteiger charge is -2.17. The van der Waals surface area contributed by atoms with Gasteiger partial charge in [0.15, 0.2) is 6.23 Å². The van der Waals surface area contributed by atoms with Crippen LogP contribution >= 0.6 is 0 Å². The average molecular weight is 199 g/mol. The first-order chi connectivity index (χ1) is 6.60. The Hall–Kier alpha value is -0.540. The topological polar surface area (TPSA) is 25.0 Å². The zero-order valence-electron chi connectivity index (χ0n) is 9.56. The summed E-state index contributed by atoms with van der Waals surface area (Å²) in [5, 5.41) is 0. The van der Waals surface area contributed by atoms with E-state index in [2.05, 4.69) is 34.3 Å². The van der Waals surface area contributed by atoms with Crippen molar-refractivity contribution >= 4 is 0 Å². The van der Waals surface area contributed by atoms with E-state index in [0.717, 1.165) is 6.54 Å². The Morgan fingerprint density at radius 2 is 2.14 bits per heavy atom. The minimum absolute atomic E-state index is 0.0645. The van der Waals surface area contributed by atoms with Gasteiger partial charge in [0.05, 0.1) is 6.10 Å². The van der Waals surface area contributed by atoms with Crippen molar-refractivity contribution in [1.82, 2.24) is 4.90 Å². The second-order valence-corrected chi connectivity index (χ2v) is 3.99. The normalized spacial score (nSPS) is 27.5. The van der Waals surface area contributed by atoms with E-state index in [1.165, 1.54) is 0 Å². The van der Waals surface area contributed by atoms with Crippen LogP contribution in [0.2, 0.25) is 0 Å². The molecule has 0 bridgehead atoms. The van der Waals surface area contributed by atoms with Gasteiger partial charge in [0.1, 0.15) is 0 Å². The highest BCUT2D eigenvalue weighted by molar-refractivity contribution is 4.84. The SMILES string of the molecule is C=CN(CC)C1OC1OC(C)C(C)C. The van der Waals surface area contributed by atoms with Gasteiger partial charge in [-0.15, -0.1) is 0 Å². The summed E-state index contributed by atoms with van der Waals surface area (Å²) in [6.07, 6.45) is 2.06. The van der Waals surface area contributed by atoms with Crippen LogP contribution in [0.25, 0.3) is 0 Å². The Balaban J connectivity index is 2.28. The summed E-state index contributed by atoms with van der Waals surface area (Å²) < 4.78 is 11.1. The Bertz CT molecular complexity index is 194. The van der Waals surface area contributed by atoms with E-state index >= 15 is 0 Å². The summed E-state index contributed by atoms with van der Waals surface area (Å²) in [4.78, 5) is 2.04. The zero-order chi connectivity index (χ0) is 10.7. The van der Waals surface area contributed by atoms with Gasteiger partial charge in [-0.05, 0) is 26.0 Å². The van der Waals surface area contributed by atoms with Gasteiger partial charge in [0.25, 0.3) is 0 Å². The molecule has 0 N–H and O–H groups in total. The fraction of sp³-hybridized carbons (Fsp3) is 0.818. The molecular formula is C11H21NO2. The van der Waals surface area contributed by atoms with E-state index < -0.39 is 0 Å². The van der Waals surface area contributed by atoms with Gasteiger partial charge in [0.2, 0.25) is 6.29 Å². The lowest BCUT2D eigenvalue weighted by Crippen LogP contribution is -2.25. The highest BCUT2D eigenvalue weighted by Gasteiger charge is 2.44. The third kappa shape index (κ3) is 2.72. The first-order valence-electron chi connectivity index (χ1n) is 5.29.